The molecule has 5 nitrogen and oxygen atoms in total. The summed E-state index contributed by atoms with van der Waals surface area (Å²) in [5.74, 6) is 0.628. The highest BCUT2D eigenvalue weighted by Crippen LogP contribution is 2.41. The summed E-state index contributed by atoms with van der Waals surface area (Å²) in [6.07, 6.45) is 6.93. The van der Waals surface area contributed by atoms with Crippen LogP contribution in [0.2, 0.25) is 0 Å². The molecular formula is C14H20N2O3S. The number of benzene rings is 1. The molecule has 1 fully saturated rings. The van der Waals surface area contributed by atoms with E-state index in [0.29, 0.717) is 11.4 Å². The molecule has 1 aromatic rings. The largest absolute Gasteiger partial charge is 0.497 e. The first-order valence-corrected chi connectivity index (χ1v) is 7.94. The summed E-state index contributed by atoms with van der Waals surface area (Å²) in [6, 6.07) is 4.80. The van der Waals surface area contributed by atoms with Gasteiger partial charge in [0, 0.05) is 23.4 Å². The minimum atomic E-state index is -0.359. The highest BCUT2D eigenvalue weighted by Gasteiger charge is 2.33. The smallest absolute Gasteiger partial charge is 0.292 e. The molecule has 0 bridgehead atoms. The monoisotopic (exact) mass is 296 g/mol. The quantitative estimate of drug-likeness (QED) is 0.640. The minimum absolute atomic E-state index is 0.0973. The number of anilines is 1. The van der Waals surface area contributed by atoms with Crippen molar-refractivity contribution in [2.75, 3.05) is 25.2 Å². The fraction of sp³-hybridized carbons (Fsp3) is 0.571. The Kier molecular flexibility index (Phi) is 4.75. The Labute approximate surface area is 123 Å². The van der Waals surface area contributed by atoms with Crippen LogP contribution in [0.5, 0.6) is 5.75 Å². The van der Waals surface area contributed by atoms with E-state index in [1.54, 1.807) is 19.2 Å². The van der Waals surface area contributed by atoms with Crippen LogP contribution in [0, 0.1) is 10.1 Å². The van der Waals surface area contributed by atoms with Gasteiger partial charge >= 0.3 is 0 Å². The number of nitrogens with zero attached hydrogens (tertiary/aromatic N) is 1. The van der Waals surface area contributed by atoms with E-state index in [-0.39, 0.29) is 15.4 Å². The van der Waals surface area contributed by atoms with Crippen LogP contribution >= 0.6 is 11.8 Å². The lowest BCUT2D eigenvalue weighted by Crippen LogP contribution is -2.30. The second-order valence-electron chi connectivity index (χ2n) is 5.09. The van der Waals surface area contributed by atoms with E-state index in [1.165, 1.54) is 31.7 Å². The van der Waals surface area contributed by atoms with Gasteiger partial charge in [0.15, 0.2) is 0 Å². The first-order valence-electron chi connectivity index (χ1n) is 6.72. The summed E-state index contributed by atoms with van der Waals surface area (Å²) in [4.78, 5) is 10.7. The van der Waals surface area contributed by atoms with Gasteiger partial charge in [-0.15, -0.1) is 0 Å². The van der Waals surface area contributed by atoms with Gasteiger partial charge in [-0.3, -0.25) is 10.1 Å². The predicted octanol–water partition coefficient (Wildman–Crippen LogP) is 3.69. The van der Waals surface area contributed by atoms with E-state index < -0.39 is 0 Å². The molecule has 6 heteroatoms. The zero-order valence-electron chi connectivity index (χ0n) is 11.8. The van der Waals surface area contributed by atoms with Crippen molar-refractivity contribution >= 4 is 23.1 Å². The Morgan fingerprint density at radius 3 is 2.70 bits per heavy atom. The Bertz CT molecular complexity index is 487. The lowest BCUT2D eigenvalue weighted by atomic mass is 10.1. The molecule has 110 valence electrons. The van der Waals surface area contributed by atoms with Gasteiger partial charge in [0.2, 0.25) is 0 Å². The average Bonchev–Trinajstić information content (AvgIpc) is 2.94. The number of nitro benzene ring substituents is 1. The first kappa shape index (κ1) is 15.0. The normalized spacial score (nSPS) is 16.9. The average molecular weight is 296 g/mol. The minimum Gasteiger partial charge on any atom is -0.497 e. The maximum Gasteiger partial charge on any atom is 0.292 e. The Morgan fingerprint density at radius 1 is 1.45 bits per heavy atom. The molecular weight excluding hydrogens is 276 g/mol. The fourth-order valence-corrected chi connectivity index (χ4v) is 3.59. The Morgan fingerprint density at radius 2 is 2.15 bits per heavy atom. The van der Waals surface area contributed by atoms with Gasteiger partial charge in [-0.05, 0) is 25.2 Å². The van der Waals surface area contributed by atoms with Gasteiger partial charge in [0.25, 0.3) is 5.69 Å². The third-order valence-electron chi connectivity index (χ3n) is 3.95. The zero-order chi connectivity index (χ0) is 14.6. The molecule has 1 aliphatic carbocycles. The molecule has 1 N–H and O–H groups in total. The summed E-state index contributed by atoms with van der Waals surface area (Å²) < 4.78 is 5.35. The number of ether oxygens (including phenoxy) is 1. The molecule has 0 radical (unpaired) electrons. The second-order valence-corrected chi connectivity index (χ2v) is 6.36. The van der Waals surface area contributed by atoms with Crippen LogP contribution in [0.15, 0.2) is 18.2 Å². The van der Waals surface area contributed by atoms with Crippen LogP contribution < -0.4 is 10.1 Å². The number of nitro groups is 1. The van der Waals surface area contributed by atoms with E-state index >= 15 is 0 Å². The number of thioether (sulfide) groups is 1. The number of nitrogens with one attached hydrogen (secondary N) is 1. The third kappa shape index (κ3) is 3.17. The van der Waals surface area contributed by atoms with Gasteiger partial charge in [0.05, 0.1) is 12.0 Å². The van der Waals surface area contributed by atoms with Crippen LogP contribution in [-0.2, 0) is 0 Å². The summed E-state index contributed by atoms with van der Waals surface area (Å²) in [7, 11) is 1.56. The van der Waals surface area contributed by atoms with Crippen molar-refractivity contribution in [3.8, 4) is 5.75 Å². The van der Waals surface area contributed by atoms with Gasteiger partial charge in [-0.2, -0.15) is 11.8 Å². The molecule has 0 saturated heterocycles. The Hall–Kier alpha value is -1.43. The van der Waals surface area contributed by atoms with Gasteiger partial charge in [-0.1, -0.05) is 12.8 Å². The summed E-state index contributed by atoms with van der Waals surface area (Å²) >= 11 is 1.86. The summed E-state index contributed by atoms with van der Waals surface area (Å²) in [5.41, 5.74) is 0.634. The van der Waals surface area contributed by atoms with E-state index in [0.717, 1.165) is 6.54 Å². The molecule has 0 amide bonds. The second kappa shape index (κ2) is 6.35. The van der Waals surface area contributed by atoms with Crippen LogP contribution in [0.3, 0.4) is 0 Å². The molecule has 0 spiro atoms. The molecule has 2 rings (SSSR count). The molecule has 1 saturated carbocycles. The lowest BCUT2D eigenvalue weighted by Gasteiger charge is -2.27. The molecule has 0 heterocycles. The van der Waals surface area contributed by atoms with Gasteiger partial charge in [-0.25, -0.2) is 0 Å². The molecule has 0 unspecified atom stereocenters. The number of hydrogen-bond acceptors (Lipinski definition) is 5. The van der Waals surface area contributed by atoms with Crippen molar-refractivity contribution in [2.45, 2.75) is 30.4 Å². The zero-order valence-corrected chi connectivity index (χ0v) is 12.7. The molecule has 0 aromatic heterocycles. The highest BCUT2D eigenvalue weighted by molar-refractivity contribution is 8.00. The molecule has 0 atom stereocenters. The van der Waals surface area contributed by atoms with E-state index in [2.05, 4.69) is 11.6 Å². The van der Waals surface area contributed by atoms with Crippen molar-refractivity contribution in [1.82, 2.24) is 0 Å². The standard InChI is InChI=1S/C14H20N2O3S/c1-19-11-5-6-13(16(17)18)12(9-11)15-10-14(20-2)7-3-4-8-14/h5-6,9,15H,3-4,7-8,10H2,1-2H3. The maximum absolute atomic E-state index is 11.1. The van der Waals surface area contributed by atoms with Crippen molar-refractivity contribution in [3.05, 3.63) is 28.3 Å². The van der Waals surface area contributed by atoms with Crippen LogP contribution in [0.1, 0.15) is 25.7 Å². The molecule has 1 aliphatic rings. The maximum atomic E-state index is 11.1. The van der Waals surface area contributed by atoms with Crippen LogP contribution in [-0.4, -0.2) is 29.6 Å². The SMILES string of the molecule is COc1ccc([N+](=O)[O-])c(NCC2(SC)CCCC2)c1. The summed E-state index contributed by atoms with van der Waals surface area (Å²) in [6.45, 7) is 0.752. The van der Waals surface area contributed by atoms with Crippen molar-refractivity contribution < 1.29 is 9.66 Å². The first-order chi connectivity index (χ1) is 9.60. The Balaban J connectivity index is 2.16. The number of methoxy groups -OCH3 is 1. The lowest BCUT2D eigenvalue weighted by molar-refractivity contribution is -0.384. The van der Waals surface area contributed by atoms with Crippen molar-refractivity contribution in [2.24, 2.45) is 0 Å². The van der Waals surface area contributed by atoms with Gasteiger partial charge in [0.1, 0.15) is 11.4 Å². The van der Waals surface area contributed by atoms with Crippen LogP contribution in [0.4, 0.5) is 11.4 Å². The molecule has 0 aliphatic heterocycles. The number of hydrogen-bond donors (Lipinski definition) is 1. The molecule has 20 heavy (non-hydrogen) atoms. The number of rotatable bonds is 6. The summed E-state index contributed by atoms with van der Waals surface area (Å²) in [5, 5.41) is 14.3. The van der Waals surface area contributed by atoms with Crippen molar-refractivity contribution in [3.63, 3.8) is 0 Å². The molecule has 1 aromatic carbocycles. The van der Waals surface area contributed by atoms with E-state index in [1.807, 2.05) is 11.8 Å². The topological polar surface area (TPSA) is 64.4 Å². The predicted molar refractivity (Wildman–Crippen MR) is 82.9 cm³/mol. The van der Waals surface area contributed by atoms with Crippen LogP contribution in [0.25, 0.3) is 0 Å². The van der Waals surface area contributed by atoms with E-state index in [9.17, 15) is 10.1 Å². The van der Waals surface area contributed by atoms with Gasteiger partial charge < -0.3 is 10.1 Å². The highest BCUT2D eigenvalue weighted by atomic mass is 32.2. The third-order valence-corrected chi connectivity index (χ3v) is 5.37. The fourth-order valence-electron chi connectivity index (χ4n) is 2.67. The van der Waals surface area contributed by atoms with E-state index in [4.69, 9.17) is 4.74 Å². The van der Waals surface area contributed by atoms with Crippen molar-refractivity contribution in [1.29, 1.82) is 0 Å².